The van der Waals surface area contributed by atoms with Gasteiger partial charge in [-0.15, -0.1) is 0 Å². The fraction of sp³-hybridized carbons (Fsp3) is 0.889. The molecule has 1 aliphatic rings. The summed E-state index contributed by atoms with van der Waals surface area (Å²) < 4.78 is 0. The number of nitrogens with one attached hydrogen (secondary N) is 1. The molecule has 0 aliphatic heterocycles. The molecule has 0 bridgehead atoms. The first-order chi connectivity index (χ1) is 5.76. The first-order valence-corrected chi connectivity index (χ1v) is 4.50. The zero-order valence-corrected chi connectivity index (χ0v) is 7.51. The second-order valence-corrected chi connectivity index (χ2v) is 3.63. The van der Waals surface area contributed by atoms with E-state index in [2.05, 4.69) is 11.4 Å². The number of hydrogen-bond acceptors (Lipinski definition) is 3. The van der Waals surface area contributed by atoms with E-state index in [1.165, 1.54) is 0 Å². The van der Waals surface area contributed by atoms with Crippen LogP contribution in [0.15, 0.2) is 0 Å². The van der Waals surface area contributed by atoms with Crippen LogP contribution in [0, 0.1) is 16.7 Å². The van der Waals surface area contributed by atoms with Crippen molar-refractivity contribution >= 4 is 0 Å². The molecule has 3 nitrogen and oxygen atoms in total. The second kappa shape index (κ2) is 3.88. The van der Waals surface area contributed by atoms with E-state index in [4.69, 9.17) is 10.4 Å². The average molecular weight is 168 g/mol. The highest BCUT2D eigenvalue weighted by molar-refractivity contribution is 4.97. The third kappa shape index (κ3) is 2.20. The van der Waals surface area contributed by atoms with Crippen molar-refractivity contribution in [2.45, 2.75) is 32.2 Å². The van der Waals surface area contributed by atoms with Crippen molar-refractivity contribution in [3.05, 3.63) is 0 Å². The van der Waals surface area contributed by atoms with Gasteiger partial charge in [0.15, 0.2) is 0 Å². The summed E-state index contributed by atoms with van der Waals surface area (Å²) in [6.07, 6.45) is 3.02. The minimum absolute atomic E-state index is 0.0472. The Morgan fingerprint density at radius 3 is 2.67 bits per heavy atom. The number of rotatable bonds is 5. The molecule has 0 saturated heterocycles. The lowest BCUT2D eigenvalue weighted by atomic mass is 10.1. The summed E-state index contributed by atoms with van der Waals surface area (Å²) in [6.45, 7) is 3.02. The van der Waals surface area contributed by atoms with E-state index in [1.54, 1.807) is 0 Å². The molecule has 2 N–H and O–H groups in total. The molecule has 0 spiro atoms. The van der Waals surface area contributed by atoms with E-state index in [-0.39, 0.29) is 18.1 Å². The molecular formula is C9H16N2O. The van der Waals surface area contributed by atoms with E-state index >= 15 is 0 Å². The second-order valence-electron chi connectivity index (χ2n) is 3.63. The van der Waals surface area contributed by atoms with Gasteiger partial charge in [-0.3, -0.25) is 0 Å². The number of nitriles is 1. The van der Waals surface area contributed by atoms with Gasteiger partial charge in [-0.2, -0.15) is 5.26 Å². The Morgan fingerprint density at radius 2 is 2.33 bits per heavy atom. The molecule has 1 atom stereocenters. The highest BCUT2D eigenvalue weighted by Gasteiger charge is 2.41. The molecule has 1 fully saturated rings. The third-order valence-corrected chi connectivity index (χ3v) is 2.58. The maximum atomic E-state index is 8.99. The summed E-state index contributed by atoms with van der Waals surface area (Å²) in [4.78, 5) is 0. The van der Waals surface area contributed by atoms with Gasteiger partial charge in [-0.25, -0.2) is 0 Å². The van der Waals surface area contributed by atoms with Crippen LogP contribution in [0.5, 0.6) is 0 Å². The molecule has 12 heavy (non-hydrogen) atoms. The van der Waals surface area contributed by atoms with Crippen molar-refractivity contribution in [1.82, 2.24) is 5.32 Å². The number of aliphatic hydroxyl groups excluding tert-OH is 1. The van der Waals surface area contributed by atoms with Gasteiger partial charge in [0.2, 0.25) is 0 Å². The maximum Gasteiger partial charge on any atom is 0.0950 e. The van der Waals surface area contributed by atoms with Crippen LogP contribution in [-0.2, 0) is 0 Å². The van der Waals surface area contributed by atoms with Crippen molar-refractivity contribution in [2.75, 3.05) is 13.2 Å². The SMILES string of the molecule is CCC(C#N)NCC1(CO)CC1. The Morgan fingerprint density at radius 1 is 1.67 bits per heavy atom. The minimum atomic E-state index is -0.0472. The summed E-state index contributed by atoms with van der Waals surface area (Å²) >= 11 is 0. The van der Waals surface area contributed by atoms with E-state index in [0.717, 1.165) is 25.8 Å². The zero-order chi connectivity index (χ0) is 9.03. The number of nitrogens with zero attached hydrogens (tertiary/aromatic N) is 1. The lowest BCUT2D eigenvalue weighted by Gasteiger charge is -2.15. The molecule has 68 valence electrons. The van der Waals surface area contributed by atoms with Crippen LogP contribution < -0.4 is 5.32 Å². The van der Waals surface area contributed by atoms with Crippen LogP contribution >= 0.6 is 0 Å². The average Bonchev–Trinajstić information content (AvgIpc) is 2.87. The molecule has 1 rings (SSSR count). The van der Waals surface area contributed by atoms with Crippen molar-refractivity contribution in [3.63, 3.8) is 0 Å². The van der Waals surface area contributed by atoms with Crippen LogP contribution in [0.1, 0.15) is 26.2 Å². The molecule has 1 aliphatic carbocycles. The molecular weight excluding hydrogens is 152 g/mol. The zero-order valence-electron chi connectivity index (χ0n) is 7.51. The summed E-state index contributed by atoms with van der Waals surface area (Å²) in [5, 5.41) is 20.8. The van der Waals surface area contributed by atoms with Crippen LogP contribution in [0.2, 0.25) is 0 Å². The minimum Gasteiger partial charge on any atom is -0.396 e. The normalized spacial score (nSPS) is 21.4. The van der Waals surface area contributed by atoms with Gasteiger partial charge in [0, 0.05) is 18.6 Å². The lowest BCUT2D eigenvalue weighted by Crippen LogP contribution is -2.34. The molecule has 1 unspecified atom stereocenters. The van der Waals surface area contributed by atoms with Gasteiger partial charge < -0.3 is 10.4 Å². The fourth-order valence-corrected chi connectivity index (χ4v) is 1.19. The predicted molar refractivity (Wildman–Crippen MR) is 46.4 cm³/mol. The van der Waals surface area contributed by atoms with Crippen LogP contribution in [-0.4, -0.2) is 24.3 Å². The topological polar surface area (TPSA) is 56.0 Å². The van der Waals surface area contributed by atoms with E-state index in [1.807, 2.05) is 6.92 Å². The first kappa shape index (κ1) is 9.50. The lowest BCUT2D eigenvalue weighted by molar-refractivity contribution is 0.206. The molecule has 0 aromatic heterocycles. The third-order valence-electron chi connectivity index (χ3n) is 2.58. The quantitative estimate of drug-likeness (QED) is 0.633. The van der Waals surface area contributed by atoms with Gasteiger partial charge in [-0.1, -0.05) is 6.92 Å². The summed E-state index contributed by atoms with van der Waals surface area (Å²) in [5.74, 6) is 0. The molecule has 1 saturated carbocycles. The Hall–Kier alpha value is -0.590. The highest BCUT2D eigenvalue weighted by Crippen LogP contribution is 2.44. The van der Waals surface area contributed by atoms with Crippen LogP contribution in [0.4, 0.5) is 0 Å². The molecule has 0 amide bonds. The Balaban J connectivity index is 2.21. The molecule has 3 heteroatoms. The molecule has 0 aromatic rings. The smallest absolute Gasteiger partial charge is 0.0950 e. The Bertz CT molecular complexity index is 181. The molecule has 0 heterocycles. The van der Waals surface area contributed by atoms with Crippen molar-refractivity contribution < 1.29 is 5.11 Å². The van der Waals surface area contributed by atoms with Crippen LogP contribution in [0.3, 0.4) is 0 Å². The van der Waals surface area contributed by atoms with Gasteiger partial charge in [-0.05, 0) is 19.3 Å². The van der Waals surface area contributed by atoms with Gasteiger partial charge in [0.1, 0.15) is 0 Å². The maximum absolute atomic E-state index is 8.99. The van der Waals surface area contributed by atoms with Gasteiger partial charge in [0.25, 0.3) is 0 Å². The van der Waals surface area contributed by atoms with E-state index in [9.17, 15) is 0 Å². The van der Waals surface area contributed by atoms with Crippen molar-refractivity contribution in [1.29, 1.82) is 5.26 Å². The summed E-state index contributed by atoms with van der Waals surface area (Å²) in [5.41, 5.74) is 0.115. The number of hydrogen-bond donors (Lipinski definition) is 2. The van der Waals surface area contributed by atoms with Gasteiger partial charge in [0.05, 0.1) is 12.1 Å². The van der Waals surface area contributed by atoms with E-state index < -0.39 is 0 Å². The summed E-state index contributed by atoms with van der Waals surface area (Å²) in [7, 11) is 0. The van der Waals surface area contributed by atoms with Crippen LogP contribution in [0.25, 0.3) is 0 Å². The molecule has 0 radical (unpaired) electrons. The number of aliphatic hydroxyl groups is 1. The largest absolute Gasteiger partial charge is 0.396 e. The monoisotopic (exact) mass is 168 g/mol. The Labute approximate surface area is 73.4 Å². The predicted octanol–water partition coefficient (Wildman–Crippen LogP) is 0.651. The first-order valence-electron chi connectivity index (χ1n) is 4.50. The van der Waals surface area contributed by atoms with E-state index in [0.29, 0.717) is 0 Å². The Kier molecular flexibility index (Phi) is 3.07. The summed E-state index contributed by atoms with van der Waals surface area (Å²) in [6, 6.07) is 2.14. The van der Waals surface area contributed by atoms with Crippen molar-refractivity contribution in [3.8, 4) is 6.07 Å². The standard InChI is InChI=1S/C9H16N2O/c1-2-8(5-10)11-6-9(7-12)3-4-9/h8,11-12H,2-4,6-7H2,1H3. The molecule has 0 aromatic carbocycles. The highest BCUT2D eigenvalue weighted by atomic mass is 16.3. The van der Waals surface area contributed by atoms with Crippen molar-refractivity contribution in [2.24, 2.45) is 5.41 Å². The fourth-order valence-electron chi connectivity index (χ4n) is 1.19. The van der Waals surface area contributed by atoms with Gasteiger partial charge >= 0.3 is 0 Å².